The van der Waals surface area contributed by atoms with Gasteiger partial charge in [0, 0.05) is 38.3 Å². The van der Waals surface area contributed by atoms with Crippen LogP contribution in [0.5, 0.6) is 0 Å². The van der Waals surface area contributed by atoms with Gasteiger partial charge in [-0.25, -0.2) is 5.10 Å². The average Bonchev–Trinajstić information content (AvgIpc) is 2.69. The fourth-order valence-corrected chi connectivity index (χ4v) is 2.67. The van der Waals surface area contributed by atoms with Crippen molar-refractivity contribution in [2.24, 2.45) is 0 Å². The molecule has 18 heavy (non-hydrogen) atoms. The number of H-pyrrole nitrogens is 1. The highest BCUT2D eigenvalue weighted by Crippen LogP contribution is 2.19. The second-order valence-corrected chi connectivity index (χ2v) is 6.10. The molecule has 1 aliphatic rings. The Bertz CT molecular complexity index is 448. The highest BCUT2D eigenvalue weighted by atomic mass is 32.1. The maximum absolute atomic E-state index is 5.23. The normalized spacial score (nSPS) is 18.3. The monoisotopic (exact) mass is 269 g/mol. The number of aromatic amines is 1. The summed E-state index contributed by atoms with van der Waals surface area (Å²) in [6.45, 7) is 13.9. The van der Waals surface area contributed by atoms with Crippen molar-refractivity contribution in [3.8, 4) is 0 Å². The van der Waals surface area contributed by atoms with Gasteiger partial charge in [0.1, 0.15) is 0 Å². The highest BCUT2D eigenvalue weighted by molar-refractivity contribution is 7.71. The number of rotatable bonds is 2. The van der Waals surface area contributed by atoms with E-state index < -0.39 is 0 Å². The maximum atomic E-state index is 5.23. The van der Waals surface area contributed by atoms with Gasteiger partial charge in [-0.3, -0.25) is 9.47 Å². The van der Waals surface area contributed by atoms with Crippen molar-refractivity contribution in [3.05, 3.63) is 4.77 Å². The Balaban J connectivity index is 2.08. The van der Waals surface area contributed by atoms with Gasteiger partial charge in [0.05, 0.1) is 0 Å². The molecule has 5 nitrogen and oxygen atoms in total. The van der Waals surface area contributed by atoms with Gasteiger partial charge in [0.2, 0.25) is 5.95 Å². The van der Waals surface area contributed by atoms with Crippen molar-refractivity contribution >= 4 is 18.2 Å². The molecule has 0 atom stereocenters. The van der Waals surface area contributed by atoms with E-state index in [0.717, 1.165) is 38.7 Å². The Labute approximate surface area is 114 Å². The van der Waals surface area contributed by atoms with E-state index in [1.165, 1.54) is 0 Å². The van der Waals surface area contributed by atoms with Gasteiger partial charge in [-0.15, -0.1) is 5.10 Å². The molecule has 0 radical (unpaired) electrons. The number of aromatic nitrogens is 3. The molecule has 1 aromatic rings. The fraction of sp³-hybridized carbons (Fsp3) is 0.833. The number of nitrogens with zero attached hydrogens (tertiary/aromatic N) is 4. The molecule has 2 heterocycles. The van der Waals surface area contributed by atoms with E-state index in [1.807, 2.05) is 0 Å². The third kappa shape index (κ3) is 2.59. The molecule has 0 unspecified atom stereocenters. The van der Waals surface area contributed by atoms with Crippen LogP contribution in [0.15, 0.2) is 0 Å². The largest absolute Gasteiger partial charge is 0.338 e. The zero-order chi connectivity index (χ0) is 13.3. The van der Waals surface area contributed by atoms with E-state index in [4.69, 9.17) is 12.2 Å². The second-order valence-electron chi connectivity index (χ2n) is 5.72. The summed E-state index contributed by atoms with van der Waals surface area (Å²) in [5.74, 6) is 0.982. The minimum atomic E-state index is 0.252. The summed E-state index contributed by atoms with van der Waals surface area (Å²) in [7, 11) is 0. The topological polar surface area (TPSA) is 40.1 Å². The molecule has 0 aromatic carbocycles. The van der Waals surface area contributed by atoms with Crippen molar-refractivity contribution in [1.29, 1.82) is 0 Å². The highest BCUT2D eigenvalue weighted by Gasteiger charge is 2.27. The smallest absolute Gasteiger partial charge is 0.225 e. The third-order valence-electron chi connectivity index (χ3n) is 3.57. The molecule has 1 fully saturated rings. The van der Waals surface area contributed by atoms with Crippen LogP contribution in [0.25, 0.3) is 0 Å². The molecule has 1 saturated heterocycles. The van der Waals surface area contributed by atoms with E-state index >= 15 is 0 Å². The number of piperazine rings is 1. The first-order valence-electron chi connectivity index (χ1n) is 6.58. The molecule has 1 N–H and O–H groups in total. The molecule has 1 aromatic heterocycles. The molecular weight excluding hydrogens is 246 g/mol. The molecule has 6 heteroatoms. The minimum absolute atomic E-state index is 0.252. The molecule has 102 valence electrons. The van der Waals surface area contributed by atoms with Gasteiger partial charge in [-0.1, -0.05) is 0 Å². The van der Waals surface area contributed by atoms with Crippen LogP contribution in [0.3, 0.4) is 0 Å². The van der Waals surface area contributed by atoms with Gasteiger partial charge in [0.15, 0.2) is 4.77 Å². The maximum Gasteiger partial charge on any atom is 0.225 e. The zero-order valence-electron chi connectivity index (χ0n) is 11.7. The first kappa shape index (κ1) is 13.5. The lowest BCUT2D eigenvalue weighted by molar-refractivity contribution is 0.128. The lowest BCUT2D eigenvalue weighted by Crippen LogP contribution is -2.54. The number of nitrogens with one attached hydrogen (secondary N) is 1. The molecule has 0 saturated carbocycles. The van der Waals surface area contributed by atoms with E-state index in [-0.39, 0.29) is 5.54 Å². The molecule has 0 bridgehead atoms. The van der Waals surface area contributed by atoms with Crippen LogP contribution in [0.4, 0.5) is 5.95 Å². The van der Waals surface area contributed by atoms with E-state index in [9.17, 15) is 0 Å². The van der Waals surface area contributed by atoms with Crippen LogP contribution < -0.4 is 4.90 Å². The molecular formula is C12H23N5S. The number of anilines is 1. The van der Waals surface area contributed by atoms with Gasteiger partial charge in [-0.2, -0.15) is 0 Å². The second kappa shape index (κ2) is 5.01. The standard InChI is InChI=1S/C12H23N5S/c1-5-17-10(13-14-11(17)18)15-6-8-16(9-7-15)12(2,3)4/h5-9H2,1-4H3,(H,14,18). The molecule has 2 rings (SSSR count). The van der Waals surface area contributed by atoms with Gasteiger partial charge >= 0.3 is 0 Å². The van der Waals surface area contributed by atoms with Crippen LogP contribution in [0.2, 0.25) is 0 Å². The third-order valence-corrected chi connectivity index (χ3v) is 3.88. The average molecular weight is 269 g/mol. The van der Waals surface area contributed by atoms with Crippen molar-refractivity contribution in [2.75, 3.05) is 31.1 Å². The van der Waals surface area contributed by atoms with E-state index in [1.54, 1.807) is 0 Å². The zero-order valence-corrected chi connectivity index (χ0v) is 12.5. The number of hydrogen-bond donors (Lipinski definition) is 1. The van der Waals surface area contributed by atoms with Crippen LogP contribution in [0, 0.1) is 4.77 Å². The predicted molar refractivity (Wildman–Crippen MR) is 76.6 cm³/mol. The molecule has 1 aliphatic heterocycles. The van der Waals surface area contributed by atoms with Crippen LogP contribution in [-0.2, 0) is 6.54 Å². The molecule has 0 spiro atoms. The first-order valence-corrected chi connectivity index (χ1v) is 6.99. The lowest BCUT2D eigenvalue weighted by Gasteiger charge is -2.42. The predicted octanol–water partition coefficient (Wildman–Crippen LogP) is 1.88. The van der Waals surface area contributed by atoms with Crippen LogP contribution in [-0.4, -0.2) is 51.4 Å². The summed E-state index contributed by atoms with van der Waals surface area (Å²) in [4.78, 5) is 4.83. The van der Waals surface area contributed by atoms with Gasteiger partial charge in [-0.05, 0) is 39.9 Å². The van der Waals surface area contributed by atoms with Gasteiger partial charge in [0.25, 0.3) is 0 Å². The Kier molecular flexibility index (Phi) is 3.77. The number of hydrogen-bond acceptors (Lipinski definition) is 4. The fourth-order valence-electron chi connectivity index (χ4n) is 2.41. The van der Waals surface area contributed by atoms with Crippen LogP contribution in [0.1, 0.15) is 27.7 Å². The van der Waals surface area contributed by atoms with Crippen molar-refractivity contribution in [1.82, 2.24) is 19.7 Å². The Morgan fingerprint density at radius 1 is 1.22 bits per heavy atom. The SMILES string of the molecule is CCn1c(N2CCN(C(C)(C)C)CC2)n[nH]c1=S. The quantitative estimate of drug-likeness (QED) is 0.832. The molecule has 0 amide bonds. The Hall–Kier alpha value is -0.880. The molecule has 0 aliphatic carbocycles. The summed E-state index contributed by atoms with van der Waals surface area (Å²) in [5, 5.41) is 7.24. The summed E-state index contributed by atoms with van der Waals surface area (Å²) < 4.78 is 2.77. The van der Waals surface area contributed by atoms with E-state index in [0.29, 0.717) is 4.77 Å². The first-order chi connectivity index (χ1) is 8.43. The summed E-state index contributed by atoms with van der Waals surface area (Å²) in [6.07, 6.45) is 0. The summed E-state index contributed by atoms with van der Waals surface area (Å²) >= 11 is 5.23. The van der Waals surface area contributed by atoms with E-state index in [2.05, 4.69) is 52.3 Å². The Morgan fingerprint density at radius 2 is 1.83 bits per heavy atom. The van der Waals surface area contributed by atoms with Crippen molar-refractivity contribution in [3.63, 3.8) is 0 Å². The van der Waals surface area contributed by atoms with Crippen molar-refractivity contribution in [2.45, 2.75) is 39.8 Å². The Morgan fingerprint density at radius 3 is 2.33 bits per heavy atom. The summed E-state index contributed by atoms with van der Waals surface area (Å²) in [6, 6.07) is 0. The van der Waals surface area contributed by atoms with Gasteiger partial charge < -0.3 is 4.90 Å². The summed E-state index contributed by atoms with van der Waals surface area (Å²) in [5.41, 5.74) is 0.252. The van der Waals surface area contributed by atoms with Crippen molar-refractivity contribution < 1.29 is 0 Å². The van der Waals surface area contributed by atoms with Crippen LogP contribution >= 0.6 is 12.2 Å². The lowest BCUT2D eigenvalue weighted by atomic mass is 10.1. The minimum Gasteiger partial charge on any atom is -0.338 e.